The summed E-state index contributed by atoms with van der Waals surface area (Å²) in [5, 5.41) is 11.3. The molecule has 0 aliphatic carbocycles. The number of hydrogen-bond acceptors (Lipinski definition) is 6. The van der Waals surface area contributed by atoms with Crippen molar-refractivity contribution in [3.8, 4) is 11.5 Å². The van der Waals surface area contributed by atoms with Gasteiger partial charge in [0.2, 0.25) is 0 Å². The van der Waals surface area contributed by atoms with Crippen LogP contribution in [0, 0.1) is 0 Å². The van der Waals surface area contributed by atoms with Crippen molar-refractivity contribution >= 4 is 17.4 Å². The van der Waals surface area contributed by atoms with E-state index in [1.807, 2.05) is 25.1 Å². The normalized spacial score (nSPS) is 16.8. The summed E-state index contributed by atoms with van der Waals surface area (Å²) in [6, 6.07) is 17.0. The average Bonchev–Trinajstić information content (AvgIpc) is 3.15. The highest BCUT2D eigenvalue weighted by Gasteiger charge is 2.46. The van der Waals surface area contributed by atoms with Gasteiger partial charge in [-0.3, -0.25) is 14.6 Å². The van der Waals surface area contributed by atoms with Gasteiger partial charge in [-0.25, -0.2) is 0 Å². The van der Waals surface area contributed by atoms with Gasteiger partial charge in [0.25, 0.3) is 11.7 Å². The zero-order valence-electron chi connectivity index (χ0n) is 20.5. The molecule has 1 aromatic heterocycles. The fourth-order valence-electron chi connectivity index (χ4n) is 4.21. The third-order valence-electron chi connectivity index (χ3n) is 6.00. The van der Waals surface area contributed by atoms with Crippen LogP contribution in [0.5, 0.6) is 11.5 Å². The summed E-state index contributed by atoms with van der Waals surface area (Å²) >= 11 is 0. The number of amides is 1. The molecule has 1 saturated heterocycles. The molecule has 7 heteroatoms. The number of rotatable bonds is 10. The fourth-order valence-corrected chi connectivity index (χ4v) is 4.21. The first-order chi connectivity index (χ1) is 17.5. The Morgan fingerprint density at radius 2 is 1.81 bits per heavy atom. The highest BCUT2D eigenvalue weighted by atomic mass is 16.5. The van der Waals surface area contributed by atoms with Crippen molar-refractivity contribution in [1.82, 2.24) is 9.88 Å². The molecule has 0 saturated carbocycles. The van der Waals surface area contributed by atoms with E-state index in [9.17, 15) is 14.7 Å². The predicted octanol–water partition coefficient (Wildman–Crippen LogP) is 5.28. The molecule has 36 heavy (non-hydrogen) atoms. The number of aliphatic hydroxyl groups excluding tert-OH is 1. The second-order valence-corrected chi connectivity index (χ2v) is 8.52. The maximum absolute atomic E-state index is 13.3. The lowest BCUT2D eigenvalue weighted by Gasteiger charge is -2.25. The van der Waals surface area contributed by atoms with Crippen LogP contribution >= 0.6 is 0 Å². The molecule has 4 rings (SSSR count). The molecule has 3 aromatic rings. The maximum Gasteiger partial charge on any atom is 0.295 e. The Balaban J connectivity index is 1.77. The zero-order chi connectivity index (χ0) is 25.5. The van der Waals surface area contributed by atoms with E-state index in [4.69, 9.17) is 9.47 Å². The lowest BCUT2D eigenvalue weighted by molar-refractivity contribution is -0.140. The first kappa shape index (κ1) is 25.0. The van der Waals surface area contributed by atoms with Crippen molar-refractivity contribution in [2.75, 3.05) is 13.2 Å². The van der Waals surface area contributed by atoms with Gasteiger partial charge in [-0.05, 0) is 54.8 Å². The van der Waals surface area contributed by atoms with Crippen molar-refractivity contribution in [1.29, 1.82) is 0 Å². The first-order valence-corrected chi connectivity index (χ1v) is 12.2. The van der Waals surface area contributed by atoms with Gasteiger partial charge >= 0.3 is 0 Å². The smallest absolute Gasteiger partial charge is 0.295 e. The molecule has 2 heterocycles. The average molecular weight is 487 g/mol. The van der Waals surface area contributed by atoms with Crippen LogP contribution in [0.2, 0.25) is 0 Å². The van der Waals surface area contributed by atoms with Gasteiger partial charge in [-0.1, -0.05) is 43.7 Å². The second kappa shape index (κ2) is 11.5. The van der Waals surface area contributed by atoms with Crippen LogP contribution < -0.4 is 9.47 Å². The minimum Gasteiger partial charge on any atom is -0.507 e. The second-order valence-electron chi connectivity index (χ2n) is 8.52. The Labute approximate surface area is 211 Å². The van der Waals surface area contributed by atoms with E-state index in [1.165, 1.54) is 4.90 Å². The summed E-state index contributed by atoms with van der Waals surface area (Å²) in [6.07, 6.45) is 5.22. The number of unbranched alkanes of at least 4 members (excludes halogenated alkanes) is 1. The van der Waals surface area contributed by atoms with Crippen LogP contribution in [0.1, 0.15) is 49.4 Å². The number of aromatic nitrogens is 1. The quantitative estimate of drug-likeness (QED) is 0.182. The van der Waals surface area contributed by atoms with E-state index in [-0.39, 0.29) is 17.9 Å². The Kier molecular flexibility index (Phi) is 8.00. The molecule has 0 radical (unpaired) electrons. The van der Waals surface area contributed by atoms with Crippen LogP contribution in [0.3, 0.4) is 0 Å². The molecular formula is C29H30N2O5. The molecule has 1 aliphatic heterocycles. The summed E-state index contributed by atoms with van der Waals surface area (Å²) in [5.41, 5.74) is 1.93. The van der Waals surface area contributed by atoms with Crippen molar-refractivity contribution in [2.45, 2.75) is 39.3 Å². The molecule has 0 spiro atoms. The number of pyridine rings is 1. The third-order valence-corrected chi connectivity index (χ3v) is 6.00. The number of ether oxygens (including phenoxy) is 2. The van der Waals surface area contributed by atoms with Crippen molar-refractivity contribution in [3.05, 3.63) is 95.3 Å². The van der Waals surface area contributed by atoms with Crippen LogP contribution in [0.4, 0.5) is 0 Å². The number of likely N-dealkylation sites (tertiary alicyclic amines) is 1. The van der Waals surface area contributed by atoms with Gasteiger partial charge in [0.15, 0.2) is 0 Å². The molecule has 1 amide bonds. The first-order valence-electron chi connectivity index (χ1n) is 12.2. The monoisotopic (exact) mass is 486 g/mol. The van der Waals surface area contributed by atoms with Crippen molar-refractivity contribution in [3.63, 3.8) is 0 Å². The Morgan fingerprint density at radius 3 is 2.50 bits per heavy atom. The van der Waals surface area contributed by atoms with Gasteiger partial charge in [0.05, 0.1) is 24.8 Å². The molecule has 0 bridgehead atoms. The van der Waals surface area contributed by atoms with E-state index in [2.05, 4.69) is 11.9 Å². The van der Waals surface area contributed by atoms with Gasteiger partial charge < -0.3 is 19.5 Å². The van der Waals surface area contributed by atoms with E-state index >= 15 is 0 Å². The number of carbonyl (C=O) groups is 2. The van der Waals surface area contributed by atoms with E-state index in [0.717, 1.165) is 18.4 Å². The van der Waals surface area contributed by atoms with E-state index < -0.39 is 17.7 Å². The third kappa shape index (κ3) is 5.40. The van der Waals surface area contributed by atoms with Gasteiger partial charge in [0, 0.05) is 24.5 Å². The highest BCUT2D eigenvalue weighted by molar-refractivity contribution is 6.46. The number of ketones is 1. The number of benzene rings is 2. The zero-order valence-corrected chi connectivity index (χ0v) is 20.5. The molecule has 186 valence electrons. The highest BCUT2D eigenvalue weighted by Crippen LogP contribution is 2.41. The summed E-state index contributed by atoms with van der Waals surface area (Å²) < 4.78 is 11.3. The molecule has 1 aliphatic rings. The standard InChI is InChI=1S/C29H30N2O5/c1-3-5-16-36-24-10-6-9-22(17-24)27(32)25-26(21-11-13-23(14-12-21)35-4-2)31(29(34)28(25)33)19-20-8-7-15-30-18-20/h6-15,17-18,26,32H,3-5,16,19H2,1-2H3. The van der Waals surface area contributed by atoms with Crippen LogP contribution in [0.25, 0.3) is 5.76 Å². The van der Waals surface area contributed by atoms with Gasteiger partial charge in [0.1, 0.15) is 17.3 Å². The Morgan fingerprint density at radius 1 is 1.00 bits per heavy atom. The predicted molar refractivity (Wildman–Crippen MR) is 137 cm³/mol. The SMILES string of the molecule is CCCCOc1cccc(C(O)=C2C(=O)C(=O)N(Cc3cccnc3)C2c2ccc(OCC)cc2)c1. The Bertz CT molecular complexity index is 1240. The number of aliphatic hydroxyl groups is 1. The molecule has 2 aromatic carbocycles. The fraction of sp³-hybridized carbons (Fsp3) is 0.276. The lowest BCUT2D eigenvalue weighted by Crippen LogP contribution is -2.29. The van der Waals surface area contributed by atoms with E-state index in [1.54, 1.807) is 54.9 Å². The Hall–Kier alpha value is -4.13. The molecule has 7 nitrogen and oxygen atoms in total. The van der Waals surface area contributed by atoms with Crippen molar-refractivity contribution in [2.24, 2.45) is 0 Å². The minimum absolute atomic E-state index is 0.0405. The molecular weight excluding hydrogens is 456 g/mol. The van der Waals surface area contributed by atoms with Gasteiger partial charge in [-0.15, -0.1) is 0 Å². The van der Waals surface area contributed by atoms with E-state index in [0.29, 0.717) is 35.8 Å². The summed E-state index contributed by atoms with van der Waals surface area (Å²) in [4.78, 5) is 32.1. The number of Topliss-reactive ketones (excluding diaryl/α,β-unsaturated/α-hetero) is 1. The van der Waals surface area contributed by atoms with Crippen LogP contribution in [-0.4, -0.2) is 39.9 Å². The summed E-state index contributed by atoms with van der Waals surface area (Å²) in [7, 11) is 0. The molecule has 1 N–H and O–H groups in total. The summed E-state index contributed by atoms with van der Waals surface area (Å²) in [5.74, 6) is -0.360. The molecule has 1 unspecified atom stereocenters. The van der Waals surface area contributed by atoms with Crippen LogP contribution in [0.15, 0.2) is 78.6 Å². The molecule has 1 atom stereocenters. The largest absolute Gasteiger partial charge is 0.507 e. The lowest BCUT2D eigenvalue weighted by atomic mass is 9.95. The van der Waals surface area contributed by atoms with Crippen molar-refractivity contribution < 1.29 is 24.2 Å². The number of hydrogen-bond donors (Lipinski definition) is 1. The summed E-state index contributed by atoms with van der Waals surface area (Å²) in [6.45, 7) is 5.24. The maximum atomic E-state index is 13.3. The van der Waals surface area contributed by atoms with Gasteiger partial charge in [-0.2, -0.15) is 0 Å². The van der Waals surface area contributed by atoms with Crippen LogP contribution in [-0.2, 0) is 16.1 Å². The molecule has 1 fully saturated rings. The topological polar surface area (TPSA) is 89.0 Å². The minimum atomic E-state index is -0.773. The number of carbonyl (C=O) groups excluding carboxylic acids is 2. The number of nitrogens with zero attached hydrogens (tertiary/aromatic N) is 2.